The average Bonchev–Trinajstić information content (AvgIpc) is 3.15. The highest BCUT2D eigenvalue weighted by molar-refractivity contribution is 5.96. The highest BCUT2D eigenvalue weighted by atomic mass is 16.1. The van der Waals surface area contributed by atoms with Crippen molar-refractivity contribution in [3.63, 3.8) is 0 Å². The first-order chi connectivity index (χ1) is 11.6. The zero-order valence-corrected chi connectivity index (χ0v) is 14.3. The third-order valence-electron chi connectivity index (χ3n) is 4.92. The van der Waals surface area contributed by atoms with Crippen LogP contribution < -0.4 is 4.90 Å². The molecule has 0 radical (unpaired) electrons. The molecule has 1 aliphatic carbocycles. The molecule has 3 heterocycles. The van der Waals surface area contributed by atoms with Crippen LogP contribution in [0.25, 0.3) is 0 Å². The normalized spacial score (nSPS) is 20.6. The molecule has 1 aliphatic heterocycles. The molecule has 1 saturated heterocycles. The largest absolute Gasteiger partial charge is 0.353 e. The third kappa shape index (κ3) is 3.05. The van der Waals surface area contributed by atoms with Gasteiger partial charge in [-0.2, -0.15) is 5.10 Å². The summed E-state index contributed by atoms with van der Waals surface area (Å²) < 4.78 is 1.68. The standard InChI is InChI=1S/C18H23N5O/c1-12-8-17(21-18(20-12)13-5-6-13)23-7-3-4-15(23)9-16(24)14-10-19-22(2)11-14/h8,10-11,13,15H,3-7,9H2,1-2H3/t15-/m0/s1. The van der Waals surface area contributed by atoms with Gasteiger partial charge in [-0.05, 0) is 32.6 Å². The molecular formula is C18H23N5O. The first-order valence-electron chi connectivity index (χ1n) is 8.74. The minimum atomic E-state index is 0.160. The van der Waals surface area contributed by atoms with Crippen LogP contribution in [0.4, 0.5) is 5.82 Å². The summed E-state index contributed by atoms with van der Waals surface area (Å²) in [5, 5.41) is 4.10. The number of hydrogen-bond donors (Lipinski definition) is 0. The zero-order valence-electron chi connectivity index (χ0n) is 14.3. The lowest BCUT2D eigenvalue weighted by atomic mass is 10.0. The number of carbonyl (C=O) groups is 1. The van der Waals surface area contributed by atoms with Gasteiger partial charge < -0.3 is 4.90 Å². The molecule has 2 aliphatic rings. The van der Waals surface area contributed by atoms with E-state index in [0.29, 0.717) is 17.9 Å². The van der Waals surface area contributed by atoms with E-state index >= 15 is 0 Å². The Morgan fingerprint density at radius 2 is 2.12 bits per heavy atom. The molecule has 0 aromatic carbocycles. The van der Waals surface area contributed by atoms with Crippen molar-refractivity contribution in [1.29, 1.82) is 0 Å². The van der Waals surface area contributed by atoms with Crippen molar-refractivity contribution in [1.82, 2.24) is 19.7 Å². The van der Waals surface area contributed by atoms with Crippen molar-refractivity contribution >= 4 is 11.6 Å². The third-order valence-corrected chi connectivity index (χ3v) is 4.92. The molecule has 2 fully saturated rings. The summed E-state index contributed by atoms with van der Waals surface area (Å²) in [6.07, 6.45) is 8.51. The molecule has 126 valence electrons. The molecule has 0 amide bonds. The highest BCUT2D eigenvalue weighted by Gasteiger charge is 2.31. The summed E-state index contributed by atoms with van der Waals surface area (Å²) in [4.78, 5) is 24.2. The van der Waals surface area contributed by atoms with Crippen LogP contribution in [0.5, 0.6) is 0 Å². The van der Waals surface area contributed by atoms with Crippen molar-refractivity contribution in [3.05, 3.63) is 35.5 Å². The van der Waals surface area contributed by atoms with Crippen LogP contribution in [0, 0.1) is 6.92 Å². The molecule has 4 rings (SSSR count). The van der Waals surface area contributed by atoms with Gasteiger partial charge in [-0.15, -0.1) is 0 Å². The zero-order chi connectivity index (χ0) is 16.7. The summed E-state index contributed by atoms with van der Waals surface area (Å²) in [5.41, 5.74) is 1.72. The van der Waals surface area contributed by atoms with Gasteiger partial charge in [0.1, 0.15) is 11.6 Å². The quantitative estimate of drug-likeness (QED) is 0.791. The van der Waals surface area contributed by atoms with Gasteiger partial charge in [0, 0.05) is 49.9 Å². The van der Waals surface area contributed by atoms with Gasteiger partial charge >= 0.3 is 0 Å². The van der Waals surface area contributed by atoms with E-state index in [4.69, 9.17) is 4.98 Å². The van der Waals surface area contributed by atoms with E-state index in [0.717, 1.165) is 36.7 Å². The lowest BCUT2D eigenvalue weighted by molar-refractivity contribution is 0.0974. The van der Waals surface area contributed by atoms with Crippen molar-refractivity contribution in [2.45, 2.75) is 51.0 Å². The van der Waals surface area contributed by atoms with Crippen LogP contribution in [0.3, 0.4) is 0 Å². The number of aryl methyl sites for hydroxylation is 2. The van der Waals surface area contributed by atoms with Crippen LogP contribution in [0.15, 0.2) is 18.5 Å². The minimum absolute atomic E-state index is 0.160. The van der Waals surface area contributed by atoms with Crippen molar-refractivity contribution in [2.75, 3.05) is 11.4 Å². The van der Waals surface area contributed by atoms with Gasteiger partial charge in [-0.1, -0.05) is 0 Å². The van der Waals surface area contributed by atoms with Crippen LogP contribution in [0.2, 0.25) is 0 Å². The van der Waals surface area contributed by atoms with E-state index < -0.39 is 0 Å². The Morgan fingerprint density at radius 1 is 1.29 bits per heavy atom. The second-order valence-corrected chi connectivity index (χ2v) is 7.02. The lowest BCUT2D eigenvalue weighted by Crippen LogP contribution is -2.32. The molecule has 0 spiro atoms. The van der Waals surface area contributed by atoms with Crippen LogP contribution in [-0.2, 0) is 7.05 Å². The molecule has 2 aromatic heterocycles. The Labute approximate surface area is 141 Å². The first-order valence-corrected chi connectivity index (χ1v) is 8.74. The van der Waals surface area contributed by atoms with Gasteiger partial charge in [-0.25, -0.2) is 9.97 Å². The van der Waals surface area contributed by atoms with E-state index in [-0.39, 0.29) is 11.8 Å². The molecule has 6 heteroatoms. The van der Waals surface area contributed by atoms with Crippen molar-refractivity contribution < 1.29 is 4.79 Å². The summed E-state index contributed by atoms with van der Waals surface area (Å²) in [6.45, 7) is 2.99. The van der Waals surface area contributed by atoms with Crippen LogP contribution in [0.1, 0.15) is 59.9 Å². The summed E-state index contributed by atoms with van der Waals surface area (Å²) in [7, 11) is 1.84. The molecule has 6 nitrogen and oxygen atoms in total. The molecule has 0 unspecified atom stereocenters. The number of rotatable bonds is 5. The van der Waals surface area contributed by atoms with Gasteiger partial charge in [0.15, 0.2) is 5.78 Å². The Balaban J connectivity index is 1.53. The maximum atomic E-state index is 12.5. The predicted molar refractivity (Wildman–Crippen MR) is 91.3 cm³/mol. The van der Waals surface area contributed by atoms with Crippen molar-refractivity contribution in [2.24, 2.45) is 7.05 Å². The van der Waals surface area contributed by atoms with Gasteiger partial charge in [0.2, 0.25) is 0 Å². The van der Waals surface area contributed by atoms with E-state index in [2.05, 4.69) is 21.0 Å². The summed E-state index contributed by atoms with van der Waals surface area (Å²) in [6, 6.07) is 2.28. The topological polar surface area (TPSA) is 63.9 Å². The molecule has 2 aromatic rings. The van der Waals surface area contributed by atoms with Crippen molar-refractivity contribution in [3.8, 4) is 0 Å². The van der Waals surface area contributed by atoms with E-state index in [1.54, 1.807) is 17.1 Å². The number of carbonyl (C=O) groups excluding carboxylic acids is 1. The van der Waals surface area contributed by atoms with E-state index in [1.165, 1.54) is 12.8 Å². The Hall–Kier alpha value is -2.24. The fraction of sp³-hybridized carbons (Fsp3) is 0.556. The molecule has 0 bridgehead atoms. The number of nitrogens with zero attached hydrogens (tertiary/aromatic N) is 5. The van der Waals surface area contributed by atoms with Gasteiger partial charge in [0.25, 0.3) is 0 Å². The van der Waals surface area contributed by atoms with Crippen LogP contribution >= 0.6 is 0 Å². The fourth-order valence-electron chi connectivity index (χ4n) is 3.49. The maximum Gasteiger partial charge on any atom is 0.168 e. The first kappa shape index (κ1) is 15.3. The number of hydrogen-bond acceptors (Lipinski definition) is 5. The summed E-state index contributed by atoms with van der Waals surface area (Å²) >= 11 is 0. The molecular weight excluding hydrogens is 302 g/mol. The molecule has 1 saturated carbocycles. The summed E-state index contributed by atoms with van der Waals surface area (Å²) in [5.74, 6) is 2.68. The van der Waals surface area contributed by atoms with Gasteiger partial charge in [0.05, 0.1) is 11.8 Å². The molecule has 24 heavy (non-hydrogen) atoms. The predicted octanol–water partition coefficient (Wildman–Crippen LogP) is 2.64. The lowest BCUT2D eigenvalue weighted by Gasteiger charge is -2.25. The SMILES string of the molecule is Cc1cc(N2CCC[C@H]2CC(=O)c2cnn(C)c2)nc(C2CC2)n1. The maximum absolute atomic E-state index is 12.5. The Morgan fingerprint density at radius 3 is 2.83 bits per heavy atom. The monoisotopic (exact) mass is 325 g/mol. The fourth-order valence-corrected chi connectivity index (χ4v) is 3.49. The van der Waals surface area contributed by atoms with E-state index in [1.807, 2.05) is 14.0 Å². The van der Waals surface area contributed by atoms with Gasteiger partial charge in [-0.3, -0.25) is 9.48 Å². The number of ketones is 1. The highest BCUT2D eigenvalue weighted by Crippen LogP contribution is 2.39. The second-order valence-electron chi connectivity index (χ2n) is 7.02. The van der Waals surface area contributed by atoms with Crippen LogP contribution in [-0.4, -0.2) is 38.1 Å². The minimum Gasteiger partial charge on any atom is -0.353 e. The molecule has 1 atom stereocenters. The Bertz CT molecular complexity index is 765. The second kappa shape index (κ2) is 6.00. The Kier molecular flexibility index (Phi) is 3.82. The van der Waals surface area contributed by atoms with E-state index in [9.17, 15) is 4.79 Å². The number of anilines is 1. The smallest absolute Gasteiger partial charge is 0.168 e. The molecule has 0 N–H and O–H groups in total. The number of aromatic nitrogens is 4. The average molecular weight is 325 g/mol. The number of Topliss-reactive ketones (excluding diaryl/α,β-unsaturated/α-hetero) is 1.